The Balaban J connectivity index is 1.98. The molecule has 0 saturated carbocycles. The Morgan fingerprint density at radius 1 is 1.50 bits per heavy atom. The van der Waals surface area contributed by atoms with Crippen LogP contribution in [0.1, 0.15) is 12.8 Å². The fourth-order valence-corrected chi connectivity index (χ4v) is 1.73. The minimum atomic E-state index is 0.143. The van der Waals surface area contributed by atoms with Crippen molar-refractivity contribution in [2.75, 3.05) is 6.61 Å². The van der Waals surface area contributed by atoms with Crippen LogP contribution in [0.3, 0.4) is 0 Å². The molecule has 1 atom stereocenters. The minimum Gasteiger partial charge on any atom is -0.459 e. The first-order valence-electron chi connectivity index (χ1n) is 4.88. The van der Waals surface area contributed by atoms with Gasteiger partial charge in [0.1, 0.15) is 0 Å². The Hall–Kier alpha value is -1.27. The summed E-state index contributed by atoms with van der Waals surface area (Å²) in [4.78, 5) is 0. The summed E-state index contributed by atoms with van der Waals surface area (Å²) in [7, 11) is 0. The zero-order valence-electron chi connectivity index (χ0n) is 8.79. The van der Waals surface area contributed by atoms with Gasteiger partial charge in [-0.1, -0.05) is 6.92 Å². The molecule has 0 fully saturated rings. The zero-order chi connectivity index (χ0) is 11.4. The Morgan fingerprint density at radius 3 is 3.06 bits per heavy atom. The van der Waals surface area contributed by atoms with Gasteiger partial charge in [-0.3, -0.25) is 0 Å². The van der Waals surface area contributed by atoms with Gasteiger partial charge in [0.05, 0.1) is 18.6 Å². The van der Waals surface area contributed by atoms with E-state index < -0.39 is 0 Å². The number of aliphatic hydroxyl groups is 1. The normalized spacial score (nSPS) is 12.9. The zero-order valence-corrected chi connectivity index (χ0v) is 9.61. The Labute approximate surface area is 96.9 Å². The van der Waals surface area contributed by atoms with Gasteiger partial charge in [-0.2, -0.15) is 0 Å². The summed E-state index contributed by atoms with van der Waals surface area (Å²) < 4.78 is 10.5. The lowest BCUT2D eigenvalue weighted by Crippen LogP contribution is -2.02. The highest BCUT2D eigenvalue weighted by Crippen LogP contribution is 2.21. The molecular weight excluding hydrogens is 228 g/mol. The summed E-state index contributed by atoms with van der Waals surface area (Å²) in [6.07, 6.45) is 1.56. The van der Waals surface area contributed by atoms with E-state index in [4.69, 9.17) is 13.9 Å². The van der Waals surface area contributed by atoms with Crippen LogP contribution in [0.4, 0.5) is 0 Å². The molecule has 2 rings (SSSR count). The van der Waals surface area contributed by atoms with E-state index in [0.29, 0.717) is 23.3 Å². The molecule has 0 radical (unpaired) electrons. The van der Waals surface area contributed by atoms with Gasteiger partial charge in [-0.05, 0) is 12.1 Å². The van der Waals surface area contributed by atoms with Crippen molar-refractivity contribution in [2.24, 2.45) is 0 Å². The van der Waals surface area contributed by atoms with E-state index >= 15 is 0 Å². The summed E-state index contributed by atoms with van der Waals surface area (Å²) >= 11 is 1.56. The summed E-state index contributed by atoms with van der Waals surface area (Å²) in [6.45, 7) is 2.08. The number of rotatable bonds is 5. The molecule has 0 saturated heterocycles. The van der Waals surface area contributed by atoms with Gasteiger partial charge in [0.25, 0.3) is 5.89 Å². The van der Waals surface area contributed by atoms with E-state index in [1.165, 1.54) is 0 Å². The first-order chi connectivity index (χ1) is 7.79. The molecule has 0 aliphatic carbocycles. The van der Waals surface area contributed by atoms with Gasteiger partial charge in [0.15, 0.2) is 5.76 Å². The maximum atomic E-state index is 8.87. The van der Waals surface area contributed by atoms with Crippen molar-refractivity contribution in [3.05, 3.63) is 24.3 Å². The standard InChI is InChI=1S/C10H12N2O3S/c1-7(5-13)16-6-9-11-12-10(15-9)8-3-2-4-14-8/h2-4,7,13H,5-6H2,1H3/t7-/m0/s1. The van der Waals surface area contributed by atoms with Gasteiger partial charge in [-0.15, -0.1) is 22.0 Å². The van der Waals surface area contributed by atoms with Crippen molar-refractivity contribution >= 4 is 11.8 Å². The number of nitrogens with zero attached hydrogens (tertiary/aromatic N) is 2. The number of aromatic nitrogens is 2. The lowest BCUT2D eigenvalue weighted by atomic mass is 10.5. The summed E-state index contributed by atoms with van der Waals surface area (Å²) in [5, 5.41) is 16.8. The molecule has 86 valence electrons. The van der Waals surface area contributed by atoms with Crippen LogP contribution in [0.15, 0.2) is 27.2 Å². The molecule has 16 heavy (non-hydrogen) atoms. The van der Waals surface area contributed by atoms with Crippen LogP contribution in [0.2, 0.25) is 0 Å². The molecule has 2 aromatic heterocycles. The number of hydrogen-bond donors (Lipinski definition) is 1. The fraction of sp³-hybridized carbons (Fsp3) is 0.400. The van der Waals surface area contributed by atoms with Crippen molar-refractivity contribution < 1.29 is 13.9 Å². The molecule has 0 unspecified atom stereocenters. The molecule has 1 N–H and O–H groups in total. The molecule has 2 heterocycles. The van der Waals surface area contributed by atoms with Crippen molar-refractivity contribution in [1.29, 1.82) is 0 Å². The van der Waals surface area contributed by atoms with Crippen LogP contribution >= 0.6 is 11.8 Å². The molecule has 2 aromatic rings. The third kappa shape index (κ3) is 2.65. The third-order valence-electron chi connectivity index (χ3n) is 1.95. The molecule has 0 spiro atoms. The quantitative estimate of drug-likeness (QED) is 0.861. The van der Waals surface area contributed by atoms with Gasteiger partial charge < -0.3 is 13.9 Å². The summed E-state index contributed by atoms with van der Waals surface area (Å²) in [5.74, 6) is 2.09. The highest BCUT2D eigenvalue weighted by Gasteiger charge is 2.11. The SMILES string of the molecule is C[C@@H](CO)SCc1nnc(-c2ccco2)o1. The lowest BCUT2D eigenvalue weighted by Gasteiger charge is -2.03. The van der Waals surface area contributed by atoms with E-state index in [-0.39, 0.29) is 11.9 Å². The van der Waals surface area contributed by atoms with Crippen LogP contribution in [0, 0.1) is 0 Å². The summed E-state index contributed by atoms with van der Waals surface area (Å²) in [6, 6.07) is 3.53. The maximum absolute atomic E-state index is 8.87. The van der Waals surface area contributed by atoms with Crippen molar-refractivity contribution in [2.45, 2.75) is 17.9 Å². The first-order valence-corrected chi connectivity index (χ1v) is 5.93. The van der Waals surface area contributed by atoms with Gasteiger partial charge in [0.2, 0.25) is 5.89 Å². The van der Waals surface area contributed by atoms with Gasteiger partial charge >= 0.3 is 0 Å². The Kier molecular flexibility index (Phi) is 3.63. The van der Waals surface area contributed by atoms with E-state index in [1.807, 2.05) is 6.92 Å². The molecule has 0 bridgehead atoms. The van der Waals surface area contributed by atoms with E-state index in [9.17, 15) is 0 Å². The molecular formula is C10H12N2O3S. The van der Waals surface area contributed by atoms with Gasteiger partial charge in [0, 0.05) is 5.25 Å². The molecule has 0 amide bonds. The smallest absolute Gasteiger partial charge is 0.283 e. The predicted molar refractivity (Wildman–Crippen MR) is 59.8 cm³/mol. The van der Waals surface area contributed by atoms with Crippen LogP contribution in [-0.2, 0) is 5.75 Å². The molecule has 0 aliphatic heterocycles. The third-order valence-corrected chi connectivity index (χ3v) is 3.08. The van der Waals surface area contributed by atoms with E-state index in [0.717, 1.165) is 0 Å². The van der Waals surface area contributed by atoms with Crippen LogP contribution in [-0.4, -0.2) is 27.2 Å². The second-order valence-corrected chi connectivity index (χ2v) is 4.71. The molecule has 6 heteroatoms. The first kappa shape index (κ1) is 11.2. The highest BCUT2D eigenvalue weighted by molar-refractivity contribution is 7.99. The lowest BCUT2D eigenvalue weighted by molar-refractivity contribution is 0.300. The highest BCUT2D eigenvalue weighted by atomic mass is 32.2. The van der Waals surface area contributed by atoms with Gasteiger partial charge in [-0.25, -0.2) is 0 Å². The average Bonchev–Trinajstić information content (AvgIpc) is 2.95. The van der Waals surface area contributed by atoms with Crippen LogP contribution < -0.4 is 0 Å². The molecule has 0 aromatic carbocycles. The van der Waals surface area contributed by atoms with Crippen LogP contribution in [0.25, 0.3) is 11.7 Å². The predicted octanol–water partition coefficient (Wildman–Crippen LogP) is 1.94. The Bertz CT molecular complexity index is 427. The van der Waals surface area contributed by atoms with Crippen LogP contribution in [0.5, 0.6) is 0 Å². The average molecular weight is 240 g/mol. The summed E-state index contributed by atoms with van der Waals surface area (Å²) in [5.41, 5.74) is 0. The maximum Gasteiger partial charge on any atom is 0.283 e. The number of furan rings is 1. The second kappa shape index (κ2) is 5.18. The monoisotopic (exact) mass is 240 g/mol. The second-order valence-electron chi connectivity index (χ2n) is 3.28. The number of thioether (sulfide) groups is 1. The molecule has 0 aliphatic rings. The van der Waals surface area contributed by atoms with Crippen molar-refractivity contribution in [3.8, 4) is 11.7 Å². The van der Waals surface area contributed by atoms with E-state index in [1.54, 1.807) is 30.2 Å². The van der Waals surface area contributed by atoms with Crippen molar-refractivity contribution in [3.63, 3.8) is 0 Å². The fourth-order valence-electron chi connectivity index (χ4n) is 1.08. The number of aliphatic hydroxyl groups excluding tert-OH is 1. The van der Waals surface area contributed by atoms with Crippen molar-refractivity contribution in [1.82, 2.24) is 10.2 Å². The minimum absolute atomic E-state index is 0.143. The number of hydrogen-bond acceptors (Lipinski definition) is 6. The van der Waals surface area contributed by atoms with E-state index in [2.05, 4.69) is 10.2 Å². The Morgan fingerprint density at radius 2 is 2.38 bits per heavy atom. The topological polar surface area (TPSA) is 72.3 Å². The molecule has 5 nitrogen and oxygen atoms in total. The largest absolute Gasteiger partial charge is 0.459 e.